The molecule has 0 aliphatic rings. The average molecular weight is 419 g/mol. The summed E-state index contributed by atoms with van der Waals surface area (Å²) < 4.78 is 0. The van der Waals surface area contributed by atoms with Crippen LogP contribution in [-0.2, 0) is 0 Å². The van der Waals surface area contributed by atoms with Gasteiger partial charge in [-0.3, -0.25) is 0 Å². The molecule has 0 unspecified atom stereocenters. The minimum atomic E-state index is 0.322. The summed E-state index contributed by atoms with van der Waals surface area (Å²) in [6.45, 7) is 5.65. The van der Waals surface area contributed by atoms with Gasteiger partial charge in [0.15, 0.2) is 0 Å². The minimum Gasteiger partial charge on any atom is -0.508 e. The Kier molecular flexibility index (Phi) is 11.4. The molecule has 0 saturated carbocycles. The quantitative estimate of drug-likeness (QED) is 0.263. The summed E-state index contributed by atoms with van der Waals surface area (Å²) in [5.41, 5.74) is 2.80. The fraction of sp³-hybridized carbons (Fsp3) is 0.111. The highest BCUT2D eigenvalue weighted by molar-refractivity contribution is 5.38. The van der Waals surface area contributed by atoms with E-state index in [4.69, 9.17) is 15.3 Å². The summed E-state index contributed by atoms with van der Waals surface area (Å²) >= 11 is 0. The lowest BCUT2D eigenvalue weighted by Gasteiger charge is -1.99. The number of para-hydroxylation sites is 4. The van der Waals surface area contributed by atoms with E-state index >= 15 is 0 Å². The van der Waals surface area contributed by atoms with Crippen LogP contribution in [0.15, 0.2) is 103 Å². The highest BCUT2D eigenvalue weighted by Gasteiger charge is 1.95. The van der Waals surface area contributed by atoms with Gasteiger partial charge in [0.2, 0.25) is 0 Å². The molecule has 4 N–H and O–H groups in total. The van der Waals surface area contributed by atoms with Gasteiger partial charge in [-0.2, -0.15) is 0 Å². The molecule has 0 fully saturated rings. The molecule has 0 aliphatic carbocycles. The first-order valence-electron chi connectivity index (χ1n) is 9.79. The number of rotatable bonds is 0. The second-order valence-corrected chi connectivity index (χ2v) is 6.70. The van der Waals surface area contributed by atoms with Gasteiger partial charge in [-0.25, -0.2) is 0 Å². The summed E-state index contributed by atoms with van der Waals surface area (Å²) in [5, 5.41) is 35.4. The Bertz CT molecular complexity index is 921. The molecule has 31 heavy (non-hydrogen) atoms. The molecule has 4 heteroatoms. The van der Waals surface area contributed by atoms with E-state index in [1.807, 2.05) is 69.3 Å². The van der Waals surface area contributed by atoms with Gasteiger partial charge in [-0.05, 0) is 67.8 Å². The number of aromatic hydroxyl groups is 4. The molecule has 0 radical (unpaired) electrons. The van der Waals surface area contributed by atoms with Gasteiger partial charge in [-0.15, -0.1) is 0 Å². The van der Waals surface area contributed by atoms with Crippen molar-refractivity contribution in [3.05, 3.63) is 120 Å². The van der Waals surface area contributed by atoms with Crippen LogP contribution in [0.2, 0.25) is 0 Å². The molecule has 0 aliphatic heterocycles. The van der Waals surface area contributed by atoms with Crippen LogP contribution >= 0.6 is 0 Å². The third kappa shape index (κ3) is 11.0. The van der Waals surface area contributed by atoms with Crippen LogP contribution in [0.4, 0.5) is 0 Å². The molecular formula is C27H30O4. The van der Waals surface area contributed by atoms with Crippen molar-refractivity contribution >= 4 is 0 Å². The average Bonchev–Trinajstić information content (AvgIpc) is 2.77. The molecule has 0 saturated heterocycles. The molecule has 0 bridgehead atoms. The van der Waals surface area contributed by atoms with Crippen molar-refractivity contribution < 1.29 is 20.4 Å². The lowest BCUT2D eigenvalue weighted by molar-refractivity contribution is 0.467. The lowest BCUT2D eigenvalue weighted by atomic mass is 10.1. The standard InChI is InChI=1S/C8H10O.C7H8O.2C6H6O/c1-6-4-3-5-7(2)8(6)9;1-6-4-2-3-5-7(6)8;2*7-6-4-2-1-3-5-6/h3-5,9H,1-2H3;2-5,8H,1H3;2*1-5,7H. The van der Waals surface area contributed by atoms with E-state index in [1.54, 1.807) is 54.6 Å². The molecule has 0 spiro atoms. The van der Waals surface area contributed by atoms with Gasteiger partial charge in [0.05, 0.1) is 0 Å². The molecule has 4 aromatic carbocycles. The van der Waals surface area contributed by atoms with E-state index in [0.29, 0.717) is 23.0 Å². The normalized spacial score (nSPS) is 9.00. The number of phenols is 4. The Morgan fingerprint density at radius 1 is 0.387 bits per heavy atom. The third-order valence-electron chi connectivity index (χ3n) is 4.07. The monoisotopic (exact) mass is 418 g/mol. The van der Waals surface area contributed by atoms with E-state index in [9.17, 15) is 5.11 Å². The Hall–Kier alpha value is -3.92. The molecule has 4 rings (SSSR count). The molecule has 0 amide bonds. The largest absolute Gasteiger partial charge is 0.508 e. The first-order chi connectivity index (χ1) is 14.8. The highest BCUT2D eigenvalue weighted by atomic mass is 16.3. The van der Waals surface area contributed by atoms with E-state index in [0.717, 1.165) is 16.7 Å². The van der Waals surface area contributed by atoms with Crippen molar-refractivity contribution in [3.63, 3.8) is 0 Å². The minimum absolute atomic E-state index is 0.322. The Morgan fingerprint density at radius 2 is 0.742 bits per heavy atom. The van der Waals surface area contributed by atoms with Crippen LogP contribution < -0.4 is 0 Å². The first kappa shape index (κ1) is 25.1. The van der Waals surface area contributed by atoms with Crippen LogP contribution in [-0.4, -0.2) is 20.4 Å². The number of phenolic OH excluding ortho intramolecular Hbond substituents is 4. The second kappa shape index (κ2) is 14.1. The topological polar surface area (TPSA) is 80.9 Å². The molecule has 0 aromatic heterocycles. The zero-order valence-electron chi connectivity index (χ0n) is 18.1. The van der Waals surface area contributed by atoms with Crippen molar-refractivity contribution in [2.24, 2.45) is 0 Å². The number of benzene rings is 4. The molecule has 4 aromatic rings. The fourth-order valence-electron chi connectivity index (χ4n) is 2.23. The van der Waals surface area contributed by atoms with E-state index in [1.165, 1.54) is 0 Å². The number of hydrogen-bond acceptors (Lipinski definition) is 4. The van der Waals surface area contributed by atoms with Crippen molar-refractivity contribution in [2.45, 2.75) is 20.8 Å². The van der Waals surface area contributed by atoms with Crippen LogP contribution in [0.1, 0.15) is 16.7 Å². The number of hydrogen-bond donors (Lipinski definition) is 4. The SMILES string of the molecule is Cc1cccc(C)c1O.Cc1ccccc1O.Oc1ccccc1.Oc1ccccc1. The maximum absolute atomic E-state index is 9.21. The van der Waals surface area contributed by atoms with Gasteiger partial charge in [0.25, 0.3) is 0 Å². The number of aryl methyl sites for hydroxylation is 3. The maximum Gasteiger partial charge on any atom is 0.121 e. The zero-order valence-corrected chi connectivity index (χ0v) is 18.1. The molecule has 162 valence electrons. The van der Waals surface area contributed by atoms with E-state index in [-0.39, 0.29) is 0 Å². The van der Waals surface area contributed by atoms with Crippen molar-refractivity contribution in [2.75, 3.05) is 0 Å². The highest BCUT2D eigenvalue weighted by Crippen LogP contribution is 2.19. The Balaban J connectivity index is 0.000000208. The first-order valence-corrected chi connectivity index (χ1v) is 9.79. The van der Waals surface area contributed by atoms with Crippen molar-refractivity contribution in [3.8, 4) is 23.0 Å². The summed E-state index contributed by atoms with van der Waals surface area (Å²) in [4.78, 5) is 0. The summed E-state index contributed by atoms with van der Waals surface area (Å²) in [5.74, 6) is 1.43. The second-order valence-electron chi connectivity index (χ2n) is 6.70. The van der Waals surface area contributed by atoms with Gasteiger partial charge >= 0.3 is 0 Å². The zero-order chi connectivity index (χ0) is 23.1. The van der Waals surface area contributed by atoms with Gasteiger partial charge in [0.1, 0.15) is 23.0 Å². The maximum atomic E-state index is 9.21. The van der Waals surface area contributed by atoms with Crippen LogP contribution in [0.25, 0.3) is 0 Å². The van der Waals surface area contributed by atoms with E-state index in [2.05, 4.69) is 0 Å². The summed E-state index contributed by atoms with van der Waals surface area (Å²) in [6, 6.07) is 30.4. The van der Waals surface area contributed by atoms with Crippen LogP contribution in [0, 0.1) is 20.8 Å². The predicted molar refractivity (Wildman–Crippen MR) is 127 cm³/mol. The molecular weight excluding hydrogens is 388 g/mol. The fourth-order valence-corrected chi connectivity index (χ4v) is 2.23. The van der Waals surface area contributed by atoms with Crippen molar-refractivity contribution in [1.82, 2.24) is 0 Å². The lowest BCUT2D eigenvalue weighted by Crippen LogP contribution is -1.76. The smallest absolute Gasteiger partial charge is 0.121 e. The summed E-state index contributed by atoms with van der Waals surface area (Å²) in [7, 11) is 0. The van der Waals surface area contributed by atoms with Crippen LogP contribution in [0.3, 0.4) is 0 Å². The van der Waals surface area contributed by atoms with Gasteiger partial charge in [0, 0.05) is 0 Å². The van der Waals surface area contributed by atoms with Crippen molar-refractivity contribution in [1.29, 1.82) is 0 Å². The molecule has 0 atom stereocenters. The molecule has 0 heterocycles. The predicted octanol–water partition coefficient (Wildman–Crippen LogP) is 6.49. The Morgan fingerprint density at radius 3 is 1.00 bits per heavy atom. The van der Waals surface area contributed by atoms with Gasteiger partial charge < -0.3 is 20.4 Å². The van der Waals surface area contributed by atoms with Gasteiger partial charge in [-0.1, -0.05) is 72.8 Å². The van der Waals surface area contributed by atoms with Crippen LogP contribution in [0.5, 0.6) is 23.0 Å². The van der Waals surface area contributed by atoms with E-state index < -0.39 is 0 Å². The molecule has 4 nitrogen and oxygen atoms in total. The Labute approximate surface area is 184 Å². The third-order valence-corrected chi connectivity index (χ3v) is 4.07. The summed E-state index contributed by atoms with van der Waals surface area (Å²) in [6.07, 6.45) is 0.